The van der Waals surface area contributed by atoms with E-state index in [1.807, 2.05) is 0 Å². The molecule has 21 heavy (non-hydrogen) atoms. The van der Waals surface area contributed by atoms with Crippen molar-refractivity contribution in [3.8, 4) is 0 Å². The van der Waals surface area contributed by atoms with E-state index in [-0.39, 0.29) is 0 Å². The first-order chi connectivity index (χ1) is 10.2. The summed E-state index contributed by atoms with van der Waals surface area (Å²) in [5.41, 5.74) is 3.04. The molecular weight excluding hydrogens is 254 g/mol. The minimum atomic E-state index is 0.593. The van der Waals surface area contributed by atoms with E-state index in [2.05, 4.69) is 50.4 Å². The van der Waals surface area contributed by atoms with Crippen LogP contribution < -0.4 is 5.32 Å². The summed E-state index contributed by atoms with van der Waals surface area (Å²) >= 11 is 0. The van der Waals surface area contributed by atoms with Crippen molar-refractivity contribution in [3.63, 3.8) is 0 Å². The maximum Gasteiger partial charge on any atom is 0.0354 e. The van der Waals surface area contributed by atoms with Crippen LogP contribution in [0.3, 0.4) is 0 Å². The summed E-state index contributed by atoms with van der Waals surface area (Å²) in [5, 5.41) is 3.80. The number of rotatable bonds is 6. The Balaban J connectivity index is 1.77. The Morgan fingerprint density at radius 2 is 1.86 bits per heavy atom. The van der Waals surface area contributed by atoms with Crippen molar-refractivity contribution >= 4 is 0 Å². The molecule has 1 nitrogen and oxygen atoms in total. The van der Waals surface area contributed by atoms with Crippen LogP contribution in [0, 0.1) is 23.7 Å². The zero-order chi connectivity index (χ0) is 14.8. The standard InChI is InChI=1S/C20H31N/c1-4-21-20(19-17-10-5-6-11-18(17)19)16-9-7-8-15(13-16)12-14(2)3/h7-9,13-14,17-21H,4-6,10-12H2,1-3H3. The average molecular weight is 285 g/mol. The molecule has 1 aromatic carbocycles. The molecule has 0 aromatic heterocycles. The summed E-state index contributed by atoms with van der Waals surface area (Å²) in [6, 6.07) is 9.98. The molecule has 3 rings (SSSR count). The molecule has 1 N–H and O–H groups in total. The van der Waals surface area contributed by atoms with E-state index in [0.717, 1.165) is 30.2 Å². The van der Waals surface area contributed by atoms with E-state index in [9.17, 15) is 0 Å². The van der Waals surface area contributed by atoms with Crippen molar-refractivity contribution in [3.05, 3.63) is 35.4 Å². The fourth-order valence-electron chi connectivity index (χ4n) is 4.62. The molecule has 0 radical (unpaired) electrons. The lowest BCUT2D eigenvalue weighted by Crippen LogP contribution is -2.24. The van der Waals surface area contributed by atoms with Gasteiger partial charge in [-0.3, -0.25) is 0 Å². The molecule has 116 valence electrons. The highest BCUT2D eigenvalue weighted by Crippen LogP contribution is 2.60. The number of fused-ring (bicyclic) bond motifs is 1. The lowest BCUT2D eigenvalue weighted by Gasteiger charge is -2.20. The van der Waals surface area contributed by atoms with E-state index < -0.39 is 0 Å². The van der Waals surface area contributed by atoms with Crippen molar-refractivity contribution in [2.24, 2.45) is 23.7 Å². The van der Waals surface area contributed by atoms with E-state index in [0.29, 0.717) is 6.04 Å². The molecule has 2 saturated carbocycles. The van der Waals surface area contributed by atoms with Gasteiger partial charge < -0.3 is 5.32 Å². The average Bonchev–Trinajstić information content (AvgIpc) is 3.18. The first-order valence-electron chi connectivity index (χ1n) is 9.03. The third kappa shape index (κ3) is 3.34. The molecule has 1 aromatic rings. The Hall–Kier alpha value is -0.820. The fraction of sp³-hybridized carbons (Fsp3) is 0.700. The summed E-state index contributed by atoms with van der Waals surface area (Å²) in [7, 11) is 0. The third-order valence-electron chi connectivity index (χ3n) is 5.49. The van der Waals surface area contributed by atoms with Crippen molar-refractivity contribution in [2.45, 2.75) is 58.9 Å². The normalized spacial score (nSPS) is 29.2. The van der Waals surface area contributed by atoms with Crippen LogP contribution in [0.2, 0.25) is 0 Å². The number of hydrogen-bond donors (Lipinski definition) is 1. The molecule has 0 amide bonds. The van der Waals surface area contributed by atoms with Crippen molar-refractivity contribution in [1.82, 2.24) is 5.32 Å². The number of nitrogens with one attached hydrogen (secondary N) is 1. The summed E-state index contributed by atoms with van der Waals surface area (Å²) < 4.78 is 0. The largest absolute Gasteiger partial charge is 0.310 e. The maximum absolute atomic E-state index is 3.80. The van der Waals surface area contributed by atoms with Gasteiger partial charge in [0.05, 0.1) is 0 Å². The molecule has 3 atom stereocenters. The second-order valence-corrected chi connectivity index (χ2v) is 7.57. The number of hydrogen-bond acceptors (Lipinski definition) is 1. The summed E-state index contributed by atoms with van der Waals surface area (Å²) in [5.74, 6) is 3.66. The monoisotopic (exact) mass is 285 g/mol. The van der Waals surface area contributed by atoms with Crippen molar-refractivity contribution < 1.29 is 0 Å². The summed E-state index contributed by atoms with van der Waals surface area (Å²) in [6.07, 6.45) is 7.07. The van der Waals surface area contributed by atoms with Crippen molar-refractivity contribution in [1.29, 1.82) is 0 Å². The Kier molecular flexibility index (Phi) is 4.69. The minimum absolute atomic E-state index is 0.593. The van der Waals surface area contributed by atoms with E-state index in [1.54, 1.807) is 0 Å². The molecule has 0 bridgehead atoms. The van der Waals surface area contributed by atoms with Gasteiger partial charge in [0.15, 0.2) is 0 Å². The van der Waals surface area contributed by atoms with E-state index in [4.69, 9.17) is 0 Å². The predicted molar refractivity (Wildman–Crippen MR) is 90.3 cm³/mol. The second-order valence-electron chi connectivity index (χ2n) is 7.57. The number of benzene rings is 1. The van der Waals surface area contributed by atoms with Crippen LogP contribution in [0.4, 0.5) is 0 Å². The van der Waals surface area contributed by atoms with Gasteiger partial charge in [-0.2, -0.15) is 0 Å². The smallest absolute Gasteiger partial charge is 0.0354 e. The van der Waals surface area contributed by atoms with Gasteiger partial charge in [0, 0.05) is 6.04 Å². The van der Waals surface area contributed by atoms with Gasteiger partial charge >= 0.3 is 0 Å². The summed E-state index contributed by atoms with van der Waals surface area (Å²) in [4.78, 5) is 0. The van der Waals surface area contributed by atoms with E-state index >= 15 is 0 Å². The van der Waals surface area contributed by atoms with Gasteiger partial charge in [-0.25, -0.2) is 0 Å². The van der Waals surface area contributed by atoms with Crippen LogP contribution in [0.1, 0.15) is 63.6 Å². The molecule has 2 aliphatic carbocycles. The van der Waals surface area contributed by atoms with Crippen LogP contribution in [-0.4, -0.2) is 6.54 Å². The predicted octanol–water partition coefficient (Wildman–Crippen LogP) is 4.97. The topological polar surface area (TPSA) is 12.0 Å². The molecule has 3 unspecified atom stereocenters. The first kappa shape index (κ1) is 15.1. The Labute approximate surface area is 130 Å². The molecule has 2 aliphatic rings. The van der Waals surface area contributed by atoms with Gasteiger partial charge in [-0.1, -0.05) is 57.9 Å². The molecule has 2 fully saturated rings. The summed E-state index contributed by atoms with van der Waals surface area (Å²) in [6.45, 7) is 7.94. The SMILES string of the molecule is CCNC(c1cccc(CC(C)C)c1)C1C2CCCCC21. The van der Waals surface area contributed by atoms with Crippen molar-refractivity contribution in [2.75, 3.05) is 6.54 Å². The van der Waals surface area contributed by atoms with Crippen LogP contribution in [0.15, 0.2) is 24.3 Å². The first-order valence-corrected chi connectivity index (χ1v) is 9.03. The highest BCUT2D eigenvalue weighted by Gasteiger charge is 2.54. The zero-order valence-corrected chi connectivity index (χ0v) is 13.9. The Morgan fingerprint density at radius 1 is 1.14 bits per heavy atom. The third-order valence-corrected chi connectivity index (χ3v) is 5.49. The lowest BCUT2D eigenvalue weighted by atomic mass is 9.95. The fourth-order valence-corrected chi connectivity index (χ4v) is 4.62. The quantitative estimate of drug-likeness (QED) is 0.778. The highest BCUT2D eigenvalue weighted by molar-refractivity contribution is 5.29. The van der Waals surface area contributed by atoms with Crippen LogP contribution in [0.5, 0.6) is 0 Å². The highest BCUT2D eigenvalue weighted by atomic mass is 14.9. The van der Waals surface area contributed by atoms with Gasteiger partial charge in [0.1, 0.15) is 0 Å². The molecular formula is C20H31N. The van der Waals surface area contributed by atoms with Gasteiger partial charge in [-0.05, 0) is 60.6 Å². The lowest BCUT2D eigenvalue weighted by molar-refractivity contribution is 0.456. The van der Waals surface area contributed by atoms with Crippen LogP contribution in [-0.2, 0) is 6.42 Å². The zero-order valence-electron chi connectivity index (χ0n) is 13.9. The van der Waals surface area contributed by atoms with Gasteiger partial charge in [0.25, 0.3) is 0 Å². The molecule has 1 heteroatoms. The van der Waals surface area contributed by atoms with Crippen LogP contribution >= 0.6 is 0 Å². The van der Waals surface area contributed by atoms with Crippen LogP contribution in [0.25, 0.3) is 0 Å². The minimum Gasteiger partial charge on any atom is -0.310 e. The molecule has 0 saturated heterocycles. The van der Waals surface area contributed by atoms with Gasteiger partial charge in [-0.15, -0.1) is 0 Å². The maximum atomic E-state index is 3.80. The molecule has 0 heterocycles. The van der Waals surface area contributed by atoms with E-state index in [1.165, 1.54) is 43.2 Å². The Morgan fingerprint density at radius 3 is 2.48 bits per heavy atom. The second kappa shape index (κ2) is 6.52. The van der Waals surface area contributed by atoms with Gasteiger partial charge in [0.2, 0.25) is 0 Å². The molecule has 0 aliphatic heterocycles. The Bertz CT molecular complexity index is 453. The molecule has 0 spiro atoms.